The van der Waals surface area contributed by atoms with E-state index in [2.05, 4.69) is 10.2 Å². The smallest absolute Gasteiger partial charge is 0.166 e. The lowest BCUT2D eigenvalue weighted by Gasteiger charge is -2.11. The van der Waals surface area contributed by atoms with Gasteiger partial charge in [0.25, 0.3) is 0 Å². The van der Waals surface area contributed by atoms with E-state index in [0.717, 1.165) is 13.1 Å². The van der Waals surface area contributed by atoms with Crippen molar-refractivity contribution in [1.29, 1.82) is 0 Å². The summed E-state index contributed by atoms with van der Waals surface area (Å²) in [5.41, 5.74) is 0. The van der Waals surface area contributed by atoms with Gasteiger partial charge in [-0.05, 0) is 32.3 Å². The molecule has 0 aliphatic rings. The van der Waals surface area contributed by atoms with E-state index in [0.29, 0.717) is 18.2 Å². The van der Waals surface area contributed by atoms with Crippen LogP contribution in [0.5, 0.6) is 5.75 Å². The van der Waals surface area contributed by atoms with Crippen LogP contribution in [0.4, 0.5) is 4.39 Å². The molecule has 0 unspecified atom stereocenters. The second-order valence-corrected chi connectivity index (χ2v) is 4.41. The highest BCUT2D eigenvalue weighted by molar-refractivity contribution is 6.30. The van der Waals surface area contributed by atoms with Gasteiger partial charge >= 0.3 is 0 Å². The SMILES string of the molecule is CN(C)CCNCCOc1ccc(Cl)cc1F. The number of hydrogen-bond acceptors (Lipinski definition) is 3. The van der Waals surface area contributed by atoms with E-state index < -0.39 is 5.82 Å². The molecule has 0 atom stereocenters. The van der Waals surface area contributed by atoms with Crippen LogP contribution in [0.3, 0.4) is 0 Å². The molecule has 0 aliphatic heterocycles. The molecular formula is C12H18ClFN2O. The van der Waals surface area contributed by atoms with Gasteiger partial charge in [-0.25, -0.2) is 4.39 Å². The Hall–Kier alpha value is -0.840. The van der Waals surface area contributed by atoms with Crippen LogP contribution in [-0.2, 0) is 0 Å². The molecule has 17 heavy (non-hydrogen) atoms. The summed E-state index contributed by atoms with van der Waals surface area (Å²) in [4.78, 5) is 2.09. The fourth-order valence-electron chi connectivity index (χ4n) is 1.25. The molecule has 0 spiro atoms. The van der Waals surface area contributed by atoms with Crippen LogP contribution in [0.15, 0.2) is 18.2 Å². The predicted octanol–water partition coefficient (Wildman–Crippen LogP) is 2.01. The van der Waals surface area contributed by atoms with E-state index in [9.17, 15) is 4.39 Å². The minimum atomic E-state index is -0.425. The molecular weight excluding hydrogens is 243 g/mol. The van der Waals surface area contributed by atoms with Gasteiger partial charge in [0.15, 0.2) is 11.6 Å². The maximum atomic E-state index is 13.3. The number of hydrogen-bond donors (Lipinski definition) is 1. The summed E-state index contributed by atoms with van der Waals surface area (Å²) in [7, 11) is 4.03. The monoisotopic (exact) mass is 260 g/mol. The Bertz CT molecular complexity index is 347. The second kappa shape index (κ2) is 7.48. The predicted molar refractivity (Wildman–Crippen MR) is 68.3 cm³/mol. The zero-order valence-electron chi connectivity index (χ0n) is 10.2. The Morgan fingerprint density at radius 3 is 2.76 bits per heavy atom. The van der Waals surface area contributed by atoms with Crippen LogP contribution >= 0.6 is 11.6 Å². The summed E-state index contributed by atoms with van der Waals surface area (Å²) in [6, 6.07) is 4.40. The molecule has 1 rings (SSSR count). The quantitative estimate of drug-likeness (QED) is 0.759. The van der Waals surface area contributed by atoms with E-state index in [1.54, 1.807) is 6.07 Å². The lowest BCUT2D eigenvalue weighted by Crippen LogP contribution is -2.29. The summed E-state index contributed by atoms with van der Waals surface area (Å²) >= 11 is 5.64. The van der Waals surface area contributed by atoms with Crippen molar-refractivity contribution in [2.75, 3.05) is 40.3 Å². The first kappa shape index (κ1) is 14.2. The van der Waals surface area contributed by atoms with Crippen molar-refractivity contribution >= 4 is 11.6 Å². The first-order valence-corrected chi connectivity index (χ1v) is 5.90. The van der Waals surface area contributed by atoms with Gasteiger partial charge in [0, 0.05) is 24.7 Å². The minimum Gasteiger partial charge on any atom is -0.489 e. The molecule has 0 saturated carbocycles. The van der Waals surface area contributed by atoms with Crippen molar-refractivity contribution in [2.24, 2.45) is 0 Å². The zero-order valence-corrected chi connectivity index (χ0v) is 10.9. The fourth-order valence-corrected chi connectivity index (χ4v) is 1.41. The van der Waals surface area contributed by atoms with Crippen LogP contribution in [0, 0.1) is 5.82 Å². The number of benzene rings is 1. The summed E-state index contributed by atoms with van der Waals surface area (Å²) in [6.45, 7) is 2.98. The standard InChI is InChI=1S/C12H18ClFN2O/c1-16(2)7-5-15-6-8-17-12-4-3-10(13)9-11(12)14/h3-4,9,15H,5-8H2,1-2H3. The average Bonchev–Trinajstić information content (AvgIpc) is 2.25. The molecule has 0 amide bonds. The van der Waals surface area contributed by atoms with E-state index in [4.69, 9.17) is 16.3 Å². The number of nitrogens with zero attached hydrogens (tertiary/aromatic N) is 1. The molecule has 0 heterocycles. The van der Waals surface area contributed by atoms with Crippen LogP contribution in [0.25, 0.3) is 0 Å². The summed E-state index contributed by atoms with van der Waals surface area (Å²) < 4.78 is 18.6. The van der Waals surface area contributed by atoms with Crippen molar-refractivity contribution in [3.63, 3.8) is 0 Å². The number of nitrogens with one attached hydrogen (secondary N) is 1. The normalized spacial score (nSPS) is 10.9. The maximum absolute atomic E-state index is 13.3. The van der Waals surface area contributed by atoms with Crippen molar-refractivity contribution in [3.05, 3.63) is 29.0 Å². The number of rotatable bonds is 7. The van der Waals surface area contributed by atoms with E-state index in [-0.39, 0.29) is 5.75 Å². The Labute approximate surface area is 107 Å². The molecule has 0 aromatic heterocycles. The van der Waals surface area contributed by atoms with Crippen LogP contribution in [0.1, 0.15) is 0 Å². The molecule has 1 N–H and O–H groups in total. The lowest BCUT2D eigenvalue weighted by molar-refractivity contribution is 0.295. The number of halogens is 2. The summed E-state index contributed by atoms with van der Waals surface area (Å²) in [5.74, 6) is -0.186. The van der Waals surface area contributed by atoms with Crippen LogP contribution in [-0.4, -0.2) is 45.2 Å². The van der Waals surface area contributed by atoms with E-state index >= 15 is 0 Å². The lowest BCUT2D eigenvalue weighted by atomic mass is 10.3. The highest BCUT2D eigenvalue weighted by Gasteiger charge is 2.03. The molecule has 1 aromatic rings. The third-order valence-corrected chi connectivity index (χ3v) is 2.40. The number of ether oxygens (including phenoxy) is 1. The molecule has 5 heteroatoms. The minimum absolute atomic E-state index is 0.240. The molecule has 0 aliphatic carbocycles. The zero-order chi connectivity index (χ0) is 12.7. The van der Waals surface area contributed by atoms with Crippen molar-refractivity contribution < 1.29 is 9.13 Å². The highest BCUT2D eigenvalue weighted by Crippen LogP contribution is 2.20. The second-order valence-electron chi connectivity index (χ2n) is 3.98. The van der Waals surface area contributed by atoms with Gasteiger partial charge in [-0.3, -0.25) is 0 Å². The Morgan fingerprint density at radius 1 is 1.35 bits per heavy atom. The molecule has 0 saturated heterocycles. The molecule has 3 nitrogen and oxygen atoms in total. The van der Waals surface area contributed by atoms with Crippen LogP contribution in [0.2, 0.25) is 5.02 Å². The van der Waals surface area contributed by atoms with Gasteiger partial charge in [-0.15, -0.1) is 0 Å². The van der Waals surface area contributed by atoms with E-state index in [1.165, 1.54) is 12.1 Å². The third-order valence-electron chi connectivity index (χ3n) is 2.17. The Kier molecular flexibility index (Phi) is 6.26. The first-order valence-electron chi connectivity index (χ1n) is 5.53. The largest absolute Gasteiger partial charge is 0.489 e. The molecule has 0 fully saturated rings. The van der Waals surface area contributed by atoms with E-state index in [1.807, 2.05) is 14.1 Å². The fraction of sp³-hybridized carbons (Fsp3) is 0.500. The maximum Gasteiger partial charge on any atom is 0.166 e. The average molecular weight is 261 g/mol. The Morgan fingerprint density at radius 2 is 2.12 bits per heavy atom. The van der Waals surface area contributed by atoms with Gasteiger partial charge in [0.1, 0.15) is 6.61 Å². The van der Waals surface area contributed by atoms with Gasteiger partial charge < -0.3 is 15.0 Å². The first-order chi connectivity index (χ1) is 8.09. The molecule has 0 radical (unpaired) electrons. The van der Waals surface area contributed by atoms with Gasteiger partial charge in [0.05, 0.1) is 0 Å². The Balaban J connectivity index is 2.18. The van der Waals surface area contributed by atoms with Crippen molar-refractivity contribution in [2.45, 2.75) is 0 Å². The number of likely N-dealkylation sites (N-methyl/N-ethyl adjacent to an activating group) is 1. The summed E-state index contributed by atoms with van der Waals surface area (Å²) in [6.07, 6.45) is 0. The van der Waals surface area contributed by atoms with Gasteiger partial charge in [-0.1, -0.05) is 11.6 Å². The van der Waals surface area contributed by atoms with Gasteiger partial charge in [-0.2, -0.15) is 0 Å². The van der Waals surface area contributed by atoms with Crippen LogP contribution < -0.4 is 10.1 Å². The molecule has 0 bridgehead atoms. The van der Waals surface area contributed by atoms with Crippen molar-refractivity contribution in [3.8, 4) is 5.75 Å². The highest BCUT2D eigenvalue weighted by atomic mass is 35.5. The molecule has 1 aromatic carbocycles. The topological polar surface area (TPSA) is 24.5 Å². The molecule has 96 valence electrons. The third kappa shape index (κ3) is 5.86. The summed E-state index contributed by atoms with van der Waals surface area (Å²) in [5, 5.41) is 3.58. The van der Waals surface area contributed by atoms with Gasteiger partial charge in [0.2, 0.25) is 0 Å². The van der Waals surface area contributed by atoms with Crippen molar-refractivity contribution in [1.82, 2.24) is 10.2 Å².